The molecule has 1 rings (SSSR count). The molecule has 5 nitrogen and oxygen atoms in total. The van der Waals surface area contributed by atoms with E-state index in [9.17, 15) is 9.59 Å². The highest BCUT2D eigenvalue weighted by molar-refractivity contribution is 5.83. The van der Waals surface area contributed by atoms with Gasteiger partial charge in [0.15, 0.2) is 0 Å². The van der Waals surface area contributed by atoms with Crippen molar-refractivity contribution in [3.8, 4) is 0 Å². The summed E-state index contributed by atoms with van der Waals surface area (Å²) < 4.78 is 4.53. The number of carbonyl (C=O) groups excluding carboxylic acids is 2. The zero-order valence-corrected chi connectivity index (χ0v) is 9.91. The van der Waals surface area contributed by atoms with E-state index in [-0.39, 0.29) is 5.91 Å². The summed E-state index contributed by atoms with van der Waals surface area (Å²) in [6.45, 7) is 3.67. The van der Waals surface area contributed by atoms with E-state index in [1.807, 2.05) is 0 Å². The second kappa shape index (κ2) is 6.48. The van der Waals surface area contributed by atoms with E-state index < -0.39 is 12.0 Å². The number of amides is 1. The summed E-state index contributed by atoms with van der Waals surface area (Å²) in [4.78, 5) is 22.6. The van der Waals surface area contributed by atoms with Gasteiger partial charge in [-0.25, -0.2) is 4.79 Å². The molecule has 1 fully saturated rings. The Kier molecular flexibility index (Phi) is 5.25. The third-order valence-corrected chi connectivity index (χ3v) is 2.87. The highest BCUT2D eigenvalue weighted by Crippen LogP contribution is 2.13. The molecule has 16 heavy (non-hydrogen) atoms. The molecule has 2 atom stereocenters. The summed E-state index contributed by atoms with van der Waals surface area (Å²) in [5.41, 5.74) is 0. The highest BCUT2D eigenvalue weighted by atomic mass is 16.5. The van der Waals surface area contributed by atoms with Gasteiger partial charge >= 0.3 is 5.97 Å². The maximum atomic E-state index is 11.5. The Morgan fingerprint density at radius 3 is 2.88 bits per heavy atom. The summed E-state index contributed by atoms with van der Waals surface area (Å²) in [6.07, 6.45) is 2.50. The van der Waals surface area contributed by atoms with Gasteiger partial charge in [-0.3, -0.25) is 4.79 Å². The first-order valence-electron chi connectivity index (χ1n) is 5.71. The standard InChI is InChI=1S/C11H20N2O3/c1-8(11(15)16-2)13-10(14)4-3-9-5-6-12-7-9/h8-9,12H,3-7H2,1-2H3,(H,13,14). The second-order valence-electron chi connectivity index (χ2n) is 4.21. The Labute approximate surface area is 95.9 Å². The van der Waals surface area contributed by atoms with Crippen molar-refractivity contribution in [3.63, 3.8) is 0 Å². The van der Waals surface area contributed by atoms with Gasteiger partial charge in [0, 0.05) is 6.42 Å². The van der Waals surface area contributed by atoms with Crippen molar-refractivity contribution in [2.24, 2.45) is 5.92 Å². The zero-order chi connectivity index (χ0) is 12.0. The molecule has 1 amide bonds. The molecule has 1 heterocycles. The quantitative estimate of drug-likeness (QED) is 0.653. The Balaban J connectivity index is 2.17. The Morgan fingerprint density at radius 1 is 1.56 bits per heavy atom. The summed E-state index contributed by atoms with van der Waals surface area (Å²) in [7, 11) is 1.31. The molecule has 0 radical (unpaired) electrons. The van der Waals surface area contributed by atoms with Gasteiger partial charge in [0.25, 0.3) is 0 Å². The predicted octanol–water partition coefficient (Wildman–Crippen LogP) is 0.0538. The lowest BCUT2D eigenvalue weighted by molar-refractivity contribution is -0.144. The molecular formula is C11H20N2O3. The lowest BCUT2D eigenvalue weighted by Gasteiger charge is -2.12. The third-order valence-electron chi connectivity index (χ3n) is 2.87. The Bertz CT molecular complexity index is 250. The maximum Gasteiger partial charge on any atom is 0.328 e. The van der Waals surface area contributed by atoms with E-state index in [4.69, 9.17) is 0 Å². The minimum atomic E-state index is -0.556. The van der Waals surface area contributed by atoms with Gasteiger partial charge in [-0.05, 0) is 38.8 Å². The van der Waals surface area contributed by atoms with Gasteiger partial charge in [0.1, 0.15) is 6.04 Å². The predicted molar refractivity (Wildman–Crippen MR) is 59.8 cm³/mol. The van der Waals surface area contributed by atoms with Crippen molar-refractivity contribution in [1.82, 2.24) is 10.6 Å². The smallest absolute Gasteiger partial charge is 0.328 e. The molecule has 2 unspecified atom stereocenters. The molecule has 92 valence electrons. The topological polar surface area (TPSA) is 67.4 Å². The lowest BCUT2D eigenvalue weighted by atomic mass is 10.0. The average Bonchev–Trinajstić information content (AvgIpc) is 2.78. The van der Waals surface area contributed by atoms with Crippen molar-refractivity contribution >= 4 is 11.9 Å². The fourth-order valence-electron chi connectivity index (χ4n) is 1.85. The molecule has 5 heteroatoms. The van der Waals surface area contributed by atoms with E-state index >= 15 is 0 Å². The molecule has 0 aliphatic carbocycles. The number of carbonyl (C=O) groups is 2. The molecule has 0 spiro atoms. The number of hydrogen-bond acceptors (Lipinski definition) is 4. The van der Waals surface area contributed by atoms with Crippen molar-refractivity contribution in [3.05, 3.63) is 0 Å². The van der Waals surface area contributed by atoms with E-state index in [1.54, 1.807) is 6.92 Å². The molecule has 2 N–H and O–H groups in total. The number of esters is 1. The van der Waals surface area contributed by atoms with E-state index in [1.165, 1.54) is 7.11 Å². The van der Waals surface area contributed by atoms with Crippen LogP contribution in [0.25, 0.3) is 0 Å². The molecule has 0 aromatic carbocycles. The summed E-state index contributed by atoms with van der Waals surface area (Å²) >= 11 is 0. The van der Waals surface area contributed by atoms with E-state index in [2.05, 4.69) is 15.4 Å². The van der Waals surface area contributed by atoms with Gasteiger partial charge in [0.2, 0.25) is 5.91 Å². The van der Waals surface area contributed by atoms with Crippen molar-refractivity contribution in [2.45, 2.75) is 32.2 Å². The van der Waals surface area contributed by atoms with Gasteiger partial charge in [-0.15, -0.1) is 0 Å². The molecule has 0 aromatic rings. The van der Waals surface area contributed by atoms with Gasteiger partial charge in [-0.1, -0.05) is 0 Å². The second-order valence-corrected chi connectivity index (χ2v) is 4.21. The van der Waals surface area contributed by atoms with Crippen LogP contribution < -0.4 is 10.6 Å². The monoisotopic (exact) mass is 228 g/mol. The van der Waals surface area contributed by atoms with Crippen LogP contribution in [0.4, 0.5) is 0 Å². The molecule has 0 aromatic heterocycles. The summed E-state index contributed by atoms with van der Waals surface area (Å²) in [5.74, 6) is 0.111. The van der Waals surface area contributed by atoms with Crippen LogP contribution in [0.1, 0.15) is 26.2 Å². The SMILES string of the molecule is COC(=O)C(C)NC(=O)CCC1CCNC1. The third kappa shape index (κ3) is 4.18. The molecule has 1 aliphatic heterocycles. The number of methoxy groups -OCH3 is 1. The minimum Gasteiger partial charge on any atom is -0.467 e. The number of hydrogen-bond donors (Lipinski definition) is 2. The van der Waals surface area contributed by atoms with Crippen LogP contribution >= 0.6 is 0 Å². The largest absolute Gasteiger partial charge is 0.467 e. The molecule has 0 saturated carbocycles. The zero-order valence-electron chi connectivity index (χ0n) is 9.91. The lowest BCUT2D eigenvalue weighted by Crippen LogP contribution is -2.39. The van der Waals surface area contributed by atoms with Crippen molar-refractivity contribution in [2.75, 3.05) is 20.2 Å². The fraction of sp³-hybridized carbons (Fsp3) is 0.818. The van der Waals surface area contributed by atoms with Crippen LogP contribution in [0.15, 0.2) is 0 Å². The Morgan fingerprint density at radius 2 is 2.31 bits per heavy atom. The normalized spacial score (nSPS) is 21.5. The number of ether oxygens (including phenoxy) is 1. The fourth-order valence-corrected chi connectivity index (χ4v) is 1.85. The average molecular weight is 228 g/mol. The van der Waals surface area contributed by atoms with Crippen LogP contribution in [-0.4, -0.2) is 38.1 Å². The summed E-state index contributed by atoms with van der Waals surface area (Å²) in [6, 6.07) is -0.556. The van der Waals surface area contributed by atoms with Crippen molar-refractivity contribution in [1.29, 1.82) is 0 Å². The first-order chi connectivity index (χ1) is 7.63. The van der Waals surface area contributed by atoms with E-state index in [0.29, 0.717) is 12.3 Å². The van der Waals surface area contributed by atoms with Crippen LogP contribution in [0.2, 0.25) is 0 Å². The van der Waals surface area contributed by atoms with Gasteiger partial charge < -0.3 is 15.4 Å². The van der Waals surface area contributed by atoms with Crippen LogP contribution in [-0.2, 0) is 14.3 Å². The molecule has 0 bridgehead atoms. The van der Waals surface area contributed by atoms with Gasteiger partial charge in [0.05, 0.1) is 7.11 Å². The molecular weight excluding hydrogens is 208 g/mol. The highest BCUT2D eigenvalue weighted by Gasteiger charge is 2.18. The van der Waals surface area contributed by atoms with Crippen LogP contribution in [0.3, 0.4) is 0 Å². The van der Waals surface area contributed by atoms with Gasteiger partial charge in [-0.2, -0.15) is 0 Å². The molecule has 1 saturated heterocycles. The first kappa shape index (κ1) is 13.0. The van der Waals surface area contributed by atoms with Crippen LogP contribution in [0, 0.1) is 5.92 Å². The van der Waals surface area contributed by atoms with Crippen LogP contribution in [0.5, 0.6) is 0 Å². The number of rotatable bonds is 5. The van der Waals surface area contributed by atoms with Crippen molar-refractivity contribution < 1.29 is 14.3 Å². The molecule has 1 aliphatic rings. The number of nitrogens with one attached hydrogen (secondary N) is 2. The maximum absolute atomic E-state index is 11.5. The summed E-state index contributed by atoms with van der Waals surface area (Å²) in [5, 5.41) is 5.88. The van der Waals surface area contributed by atoms with E-state index in [0.717, 1.165) is 25.9 Å². The minimum absolute atomic E-state index is 0.0789. The Hall–Kier alpha value is -1.10. The first-order valence-corrected chi connectivity index (χ1v) is 5.71.